The number of aliphatic imine (C=N–C) groups is 4. The zero-order valence-electron chi connectivity index (χ0n) is 31.0. The second-order valence-electron chi connectivity index (χ2n) is 10.8. The molecule has 22 heteroatoms. The molecule has 298 valence electrons. The second-order valence-corrected chi connectivity index (χ2v) is 10.8. The van der Waals surface area contributed by atoms with Gasteiger partial charge >= 0.3 is 0 Å². The molecule has 0 atom stereocenters. The van der Waals surface area contributed by atoms with Crippen LogP contribution in [0.5, 0.6) is 0 Å². The van der Waals surface area contributed by atoms with E-state index in [-0.39, 0.29) is 126 Å². The number of ether oxygens (including phenoxy) is 4. The monoisotopic (exact) mass is 744 g/mol. The molecule has 52 heavy (non-hydrogen) atoms. The van der Waals surface area contributed by atoms with Crippen LogP contribution in [0.3, 0.4) is 0 Å². The van der Waals surface area contributed by atoms with Crippen LogP contribution in [0.2, 0.25) is 0 Å². The minimum absolute atomic E-state index is 0.0232. The molecule has 0 saturated heterocycles. The zero-order valence-corrected chi connectivity index (χ0v) is 31.0. The summed E-state index contributed by atoms with van der Waals surface area (Å²) >= 11 is 0. The van der Waals surface area contributed by atoms with Gasteiger partial charge in [0.15, 0.2) is 0 Å². The van der Waals surface area contributed by atoms with Gasteiger partial charge in [-0.15, -0.1) is 0 Å². The highest BCUT2D eigenvalue weighted by molar-refractivity contribution is 5.78. The van der Waals surface area contributed by atoms with Crippen LogP contribution in [-0.2, 0) is 38.1 Å². The summed E-state index contributed by atoms with van der Waals surface area (Å²) in [6.07, 6.45) is 0.639. The van der Waals surface area contributed by atoms with Crippen LogP contribution < -0.4 is 44.2 Å². The number of nitrogens with two attached hydrogens (primary N) is 4. The smallest absolute Gasteiger partial charge is 0.281 e. The summed E-state index contributed by atoms with van der Waals surface area (Å²) in [4.78, 5) is 70.1. The Morgan fingerprint density at radius 2 is 0.635 bits per heavy atom. The van der Waals surface area contributed by atoms with Crippen LogP contribution in [0.1, 0.15) is 25.7 Å². The van der Waals surface area contributed by atoms with Crippen molar-refractivity contribution in [2.24, 2.45) is 42.9 Å². The Labute approximate surface area is 305 Å². The van der Waals surface area contributed by atoms with Gasteiger partial charge in [0.25, 0.3) is 24.1 Å². The van der Waals surface area contributed by atoms with E-state index < -0.39 is 0 Å². The van der Waals surface area contributed by atoms with Crippen molar-refractivity contribution in [3.63, 3.8) is 0 Å². The molecule has 0 aromatic heterocycles. The number of carbonyl (C=O) groups excluding carboxylic acids is 4. The molecule has 12 N–H and O–H groups in total. The molecule has 0 saturated carbocycles. The van der Waals surface area contributed by atoms with Gasteiger partial charge in [-0.25, -0.2) is 20.0 Å². The predicted molar refractivity (Wildman–Crippen MR) is 197 cm³/mol. The van der Waals surface area contributed by atoms with Crippen molar-refractivity contribution in [1.82, 2.24) is 31.1 Å². The first-order valence-corrected chi connectivity index (χ1v) is 16.8. The van der Waals surface area contributed by atoms with Crippen molar-refractivity contribution < 1.29 is 38.1 Å². The van der Waals surface area contributed by atoms with Crippen molar-refractivity contribution in [2.75, 3.05) is 120 Å². The average molecular weight is 745 g/mol. The Kier molecular flexibility index (Phi) is 27.7. The fourth-order valence-corrected chi connectivity index (χ4v) is 4.05. The zero-order chi connectivity index (χ0) is 39.0. The number of nitrogens with zero attached hydrogens (tertiary/aromatic N) is 6. The summed E-state index contributed by atoms with van der Waals surface area (Å²) in [5, 5.41) is 11.1. The van der Waals surface area contributed by atoms with Gasteiger partial charge in [-0.3, -0.25) is 19.2 Å². The van der Waals surface area contributed by atoms with Crippen molar-refractivity contribution in [1.29, 1.82) is 0 Å². The van der Waals surface area contributed by atoms with Crippen molar-refractivity contribution >= 4 is 47.7 Å². The van der Waals surface area contributed by atoms with E-state index >= 15 is 0 Å². The normalized spacial score (nSPS) is 12.3. The molecule has 0 aromatic rings. The fourth-order valence-electron chi connectivity index (χ4n) is 4.05. The van der Waals surface area contributed by atoms with E-state index in [0.717, 1.165) is 0 Å². The number of amides is 4. The third kappa shape index (κ3) is 27.7. The first-order chi connectivity index (χ1) is 24.9. The van der Waals surface area contributed by atoms with E-state index in [4.69, 9.17) is 41.9 Å². The third-order valence-electron chi connectivity index (χ3n) is 7.00. The summed E-state index contributed by atoms with van der Waals surface area (Å²) in [5.41, 5.74) is 22.0. The van der Waals surface area contributed by atoms with E-state index in [2.05, 4.69) is 41.2 Å². The van der Waals surface area contributed by atoms with E-state index in [1.807, 2.05) is 9.80 Å². The Balaban J connectivity index is 5.43. The molecule has 0 aliphatic rings. The van der Waals surface area contributed by atoms with Crippen LogP contribution in [-0.4, -0.2) is 178 Å². The molecular weight excluding hydrogens is 684 g/mol. The molecule has 4 amide bonds. The Morgan fingerprint density at radius 1 is 0.423 bits per heavy atom. The SMILES string of the molecule is COC(N)=NCCNC(=O)CCN(CCC(=O)NCCN=C(N)OC)CCN(CCC(=O)NCCN=C(N)OC)CCC(=O)NCCN=C(N)OC. The lowest BCUT2D eigenvalue weighted by Crippen LogP contribution is -2.41. The Hall–Kier alpha value is -5.12. The van der Waals surface area contributed by atoms with Crippen LogP contribution >= 0.6 is 0 Å². The first-order valence-electron chi connectivity index (χ1n) is 16.8. The molecule has 0 aliphatic carbocycles. The third-order valence-corrected chi connectivity index (χ3v) is 7.00. The quantitative estimate of drug-likeness (QED) is 0.0223. The van der Waals surface area contributed by atoms with E-state index in [1.165, 1.54) is 28.4 Å². The maximum atomic E-state index is 12.6. The molecule has 0 bridgehead atoms. The molecular formula is C30H60N14O8. The molecule has 0 heterocycles. The molecule has 0 fully saturated rings. The van der Waals surface area contributed by atoms with Gasteiger partial charge in [0.1, 0.15) is 0 Å². The van der Waals surface area contributed by atoms with Gasteiger partial charge in [-0.05, 0) is 0 Å². The number of amidine groups is 4. The summed E-state index contributed by atoms with van der Waals surface area (Å²) in [6.45, 7) is 4.43. The van der Waals surface area contributed by atoms with Gasteiger partial charge in [-0.1, -0.05) is 0 Å². The fraction of sp³-hybridized carbons (Fsp3) is 0.733. The Bertz CT molecular complexity index is 997. The number of nitrogens with one attached hydrogen (secondary N) is 4. The lowest BCUT2D eigenvalue weighted by molar-refractivity contribution is -0.123. The minimum Gasteiger partial charge on any atom is -0.469 e. The summed E-state index contributed by atoms with van der Waals surface area (Å²) < 4.78 is 19.1. The summed E-state index contributed by atoms with van der Waals surface area (Å²) in [7, 11) is 5.61. The molecule has 0 spiro atoms. The average Bonchev–Trinajstić information content (AvgIpc) is 3.14. The van der Waals surface area contributed by atoms with Crippen molar-refractivity contribution in [3.8, 4) is 0 Å². The first kappa shape index (κ1) is 46.9. The molecule has 22 nitrogen and oxygen atoms in total. The van der Waals surface area contributed by atoms with Crippen LogP contribution in [0.4, 0.5) is 0 Å². The van der Waals surface area contributed by atoms with Crippen LogP contribution in [0.15, 0.2) is 20.0 Å². The Morgan fingerprint density at radius 3 is 0.827 bits per heavy atom. The summed E-state index contributed by atoms with van der Waals surface area (Å²) in [6, 6.07) is 0.0927. The largest absolute Gasteiger partial charge is 0.469 e. The lowest BCUT2D eigenvalue weighted by atomic mass is 10.2. The second kappa shape index (κ2) is 30.7. The number of rotatable bonds is 27. The van der Waals surface area contributed by atoms with Gasteiger partial charge in [0.2, 0.25) is 23.6 Å². The maximum Gasteiger partial charge on any atom is 0.281 e. The van der Waals surface area contributed by atoms with Gasteiger partial charge in [-0.2, -0.15) is 0 Å². The lowest BCUT2D eigenvalue weighted by Gasteiger charge is -2.27. The predicted octanol–water partition coefficient (Wildman–Crippen LogP) is -4.54. The van der Waals surface area contributed by atoms with Crippen molar-refractivity contribution in [3.05, 3.63) is 0 Å². The van der Waals surface area contributed by atoms with Gasteiger partial charge < -0.3 is 72.9 Å². The van der Waals surface area contributed by atoms with Gasteiger partial charge in [0.05, 0.1) is 54.6 Å². The molecule has 0 aromatic carbocycles. The van der Waals surface area contributed by atoms with Crippen LogP contribution in [0.25, 0.3) is 0 Å². The van der Waals surface area contributed by atoms with Crippen molar-refractivity contribution in [2.45, 2.75) is 25.7 Å². The highest BCUT2D eigenvalue weighted by atomic mass is 16.5. The summed E-state index contributed by atoms with van der Waals surface area (Å²) in [5.74, 6) is -0.805. The van der Waals surface area contributed by atoms with E-state index in [0.29, 0.717) is 39.3 Å². The number of hydrogen-bond donors (Lipinski definition) is 8. The molecule has 0 aliphatic heterocycles. The minimum atomic E-state index is -0.201. The number of methoxy groups -OCH3 is 4. The van der Waals surface area contributed by atoms with Gasteiger partial charge in [0, 0.05) is 91.1 Å². The number of hydrogen-bond acceptors (Lipinski definition) is 14. The molecule has 0 rings (SSSR count). The van der Waals surface area contributed by atoms with E-state index in [9.17, 15) is 19.2 Å². The highest BCUT2D eigenvalue weighted by Crippen LogP contribution is 2.01. The molecule has 0 unspecified atom stereocenters. The maximum absolute atomic E-state index is 12.6. The highest BCUT2D eigenvalue weighted by Gasteiger charge is 2.15. The topological polar surface area (TPSA) is 313 Å². The number of carbonyl (C=O) groups is 4. The van der Waals surface area contributed by atoms with Crippen LogP contribution in [0, 0.1) is 0 Å². The van der Waals surface area contributed by atoms with E-state index in [1.54, 1.807) is 0 Å². The molecule has 0 radical (unpaired) electrons. The standard InChI is InChI=1S/C30H60N14O8/c1-49-27(31)39-13-9-35-23(45)5-17-43(18-6-24(46)36-10-14-40-28(32)50-2)21-22-44(19-7-25(47)37-11-15-41-29(33)51-3)20-8-26(48)38-12-16-42-30(34)52-4/h5-22H2,1-4H3,(H2,31,39)(H2,32,40)(H2,33,41)(H2,34,42)(H,35,45)(H,36,46)(H,37,47)(H,38,48).